The van der Waals surface area contributed by atoms with Gasteiger partial charge in [0.1, 0.15) is 28.7 Å². The van der Waals surface area contributed by atoms with Gasteiger partial charge in [0.2, 0.25) is 18.2 Å². The third-order valence-corrected chi connectivity index (χ3v) is 11.6. The van der Waals surface area contributed by atoms with Crippen LogP contribution in [-0.4, -0.2) is 50.0 Å². The van der Waals surface area contributed by atoms with E-state index in [1.807, 2.05) is 101 Å². The number of aromatic nitrogens is 4. The van der Waals surface area contributed by atoms with Gasteiger partial charge in [0.05, 0.1) is 33.5 Å². The van der Waals surface area contributed by atoms with Gasteiger partial charge in [-0.3, -0.25) is 23.9 Å². The van der Waals surface area contributed by atoms with Crippen LogP contribution < -0.4 is 14.8 Å². The lowest BCUT2D eigenvalue weighted by Gasteiger charge is -2.46. The number of carbonyl (C=O) groups excluding carboxylic acids is 1. The highest BCUT2D eigenvalue weighted by Crippen LogP contribution is 2.55. The molecule has 0 atom stereocenters. The minimum atomic E-state index is -1.39. The lowest BCUT2D eigenvalue weighted by atomic mass is 9.78. The van der Waals surface area contributed by atoms with Gasteiger partial charge in [-0.2, -0.15) is 0 Å². The number of amides is 1. The number of nitrogens with one attached hydrogen (secondary N) is 1. The highest BCUT2D eigenvalue weighted by atomic mass is 19.1. The van der Waals surface area contributed by atoms with Crippen LogP contribution in [0.15, 0.2) is 122 Å². The summed E-state index contributed by atoms with van der Waals surface area (Å²) in [5.41, 5.74) is 6.08. The van der Waals surface area contributed by atoms with E-state index in [1.54, 1.807) is 24.5 Å². The van der Waals surface area contributed by atoms with E-state index in [9.17, 15) is 4.79 Å². The Kier molecular flexibility index (Phi) is 10.1. The van der Waals surface area contributed by atoms with Crippen molar-refractivity contribution in [3.8, 4) is 34.6 Å². The number of nitrogens with zero attached hydrogens (tertiary/aromatic N) is 5. The molecule has 1 amide bonds. The van der Waals surface area contributed by atoms with E-state index in [-0.39, 0.29) is 6.54 Å². The molecule has 5 heterocycles. The zero-order valence-corrected chi connectivity index (χ0v) is 33.9. The smallest absolute Gasteiger partial charge is 0.211 e. The summed E-state index contributed by atoms with van der Waals surface area (Å²) >= 11 is 0. The van der Waals surface area contributed by atoms with Crippen molar-refractivity contribution < 1.29 is 23.0 Å². The molecule has 1 saturated heterocycles. The van der Waals surface area contributed by atoms with E-state index >= 15 is 8.78 Å². The Labute approximate surface area is 346 Å². The molecule has 0 radical (unpaired) electrons. The van der Waals surface area contributed by atoms with Crippen molar-refractivity contribution in [2.24, 2.45) is 0 Å². The maximum atomic E-state index is 15.2. The van der Waals surface area contributed by atoms with E-state index in [0.29, 0.717) is 71.4 Å². The molecule has 0 spiro atoms. The molecule has 0 unspecified atom stereocenters. The summed E-state index contributed by atoms with van der Waals surface area (Å²) in [5, 5.41) is 5.23. The van der Waals surface area contributed by atoms with Crippen LogP contribution >= 0.6 is 0 Å². The Morgan fingerprint density at radius 2 is 1.15 bits per heavy atom. The van der Waals surface area contributed by atoms with Gasteiger partial charge in [-0.25, -0.2) is 8.78 Å². The first-order chi connectivity index (χ1) is 29.3. The standard InChI is InChI=1S/C49H44F2N6O3/c1-5-39-45-37(21-23-53-39)43(47(56(45)35-13-9-7-10-14-35)59-41-27-33(50)19-17-31(41)3)49(29-52-25-26-55(49)30-58)44-38-22-24-54-40(6-2)46(38)57(36-15-11-8-12-16-36)48(44)60-42-28-34(51)20-18-32(42)4/h7-24,27-28,30,52H,5-6,25-26,29H2,1-4H3. The molecule has 0 bridgehead atoms. The van der Waals surface area contributed by atoms with Gasteiger partial charge in [0, 0.05) is 66.3 Å². The molecule has 9 rings (SSSR count). The van der Waals surface area contributed by atoms with Gasteiger partial charge in [0.25, 0.3) is 0 Å². The van der Waals surface area contributed by atoms with Gasteiger partial charge in [-0.15, -0.1) is 0 Å². The Morgan fingerprint density at radius 3 is 1.58 bits per heavy atom. The SMILES string of the molecule is CCc1nccc2c(C3(c4c(Oc5cc(F)ccc5C)n(-c5ccccc5)c5c(CC)nccc45)CNCCN3C=O)c(Oc3cc(F)ccc3C)n(-c3ccccc3)c12. The summed E-state index contributed by atoms with van der Waals surface area (Å²) in [6.07, 6.45) is 5.62. The van der Waals surface area contributed by atoms with Crippen molar-refractivity contribution in [1.29, 1.82) is 0 Å². The van der Waals surface area contributed by atoms with Crippen LogP contribution in [0.2, 0.25) is 0 Å². The molecule has 0 saturated carbocycles. The predicted octanol–water partition coefficient (Wildman–Crippen LogP) is 10.3. The number of piperazine rings is 1. The molecule has 11 heteroatoms. The van der Waals surface area contributed by atoms with Crippen molar-refractivity contribution in [2.45, 2.75) is 46.1 Å². The van der Waals surface area contributed by atoms with Gasteiger partial charge in [0.15, 0.2) is 0 Å². The molecule has 60 heavy (non-hydrogen) atoms. The molecule has 1 N–H and O–H groups in total. The number of hydrogen-bond acceptors (Lipinski definition) is 6. The quantitative estimate of drug-likeness (QED) is 0.131. The van der Waals surface area contributed by atoms with Crippen molar-refractivity contribution in [1.82, 2.24) is 29.3 Å². The number of fused-ring (bicyclic) bond motifs is 2. The Balaban J connectivity index is 1.52. The number of aryl methyl sites for hydroxylation is 4. The molecule has 1 aliphatic heterocycles. The summed E-state index contributed by atoms with van der Waals surface area (Å²) < 4.78 is 48.8. The van der Waals surface area contributed by atoms with Gasteiger partial charge in [-0.1, -0.05) is 62.4 Å². The fourth-order valence-electron chi connectivity index (χ4n) is 8.78. The van der Waals surface area contributed by atoms with Crippen molar-refractivity contribution in [2.75, 3.05) is 19.6 Å². The van der Waals surface area contributed by atoms with E-state index < -0.39 is 17.2 Å². The number of halogens is 2. The molecule has 302 valence electrons. The average molecular weight is 803 g/mol. The van der Waals surface area contributed by atoms with Crippen LogP contribution in [0.25, 0.3) is 33.2 Å². The van der Waals surface area contributed by atoms with E-state index in [1.165, 1.54) is 24.3 Å². The molecule has 4 aromatic carbocycles. The molecule has 9 nitrogen and oxygen atoms in total. The monoisotopic (exact) mass is 802 g/mol. The van der Waals surface area contributed by atoms with Gasteiger partial charge in [-0.05, 0) is 86.3 Å². The first-order valence-corrected chi connectivity index (χ1v) is 20.3. The molecule has 4 aromatic heterocycles. The van der Waals surface area contributed by atoms with E-state index in [0.717, 1.165) is 51.0 Å². The zero-order chi connectivity index (χ0) is 41.5. The highest BCUT2D eigenvalue weighted by molar-refractivity contribution is 5.97. The second kappa shape index (κ2) is 15.7. The molecule has 0 aliphatic carbocycles. The maximum Gasteiger partial charge on any atom is 0.211 e. The number of rotatable bonds is 11. The molecular formula is C49H44F2N6O3. The number of carbonyl (C=O) groups is 1. The molecular weight excluding hydrogens is 759 g/mol. The topological polar surface area (TPSA) is 86.4 Å². The minimum Gasteiger partial charge on any atom is -0.440 e. The summed E-state index contributed by atoms with van der Waals surface area (Å²) in [6.45, 7) is 8.90. The number of ether oxygens (including phenoxy) is 2. The number of benzene rings is 4. The second-order valence-electron chi connectivity index (χ2n) is 15.1. The lowest BCUT2D eigenvalue weighted by Crippen LogP contribution is -2.59. The first-order valence-electron chi connectivity index (χ1n) is 20.3. The van der Waals surface area contributed by atoms with Crippen LogP contribution in [0.1, 0.15) is 47.5 Å². The minimum absolute atomic E-state index is 0.220. The third kappa shape index (κ3) is 6.28. The van der Waals surface area contributed by atoms with Crippen LogP contribution in [0.3, 0.4) is 0 Å². The zero-order valence-electron chi connectivity index (χ0n) is 33.9. The van der Waals surface area contributed by atoms with Crippen LogP contribution in [-0.2, 0) is 23.2 Å². The molecule has 1 aliphatic rings. The highest BCUT2D eigenvalue weighted by Gasteiger charge is 2.51. The van der Waals surface area contributed by atoms with E-state index in [4.69, 9.17) is 19.4 Å². The fourth-order valence-corrected chi connectivity index (χ4v) is 8.78. The third-order valence-electron chi connectivity index (χ3n) is 11.6. The van der Waals surface area contributed by atoms with Gasteiger partial charge < -0.3 is 19.7 Å². The summed E-state index contributed by atoms with van der Waals surface area (Å²) in [7, 11) is 0. The number of pyridine rings is 2. The van der Waals surface area contributed by atoms with Crippen LogP contribution in [0, 0.1) is 25.5 Å². The van der Waals surface area contributed by atoms with Crippen LogP contribution in [0.5, 0.6) is 23.3 Å². The first kappa shape index (κ1) is 38.7. The van der Waals surface area contributed by atoms with Crippen molar-refractivity contribution in [3.63, 3.8) is 0 Å². The van der Waals surface area contributed by atoms with Crippen molar-refractivity contribution >= 4 is 28.2 Å². The van der Waals surface area contributed by atoms with Crippen molar-refractivity contribution in [3.05, 3.63) is 167 Å². The molecule has 1 fully saturated rings. The second-order valence-corrected chi connectivity index (χ2v) is 15.1. The maximum absolute atomic E-state index is 15.2. The Hall–Kier alpha value is -6.85. The summed E-state index contributed by atoms with van der Waals surface area (Å²) in [6, 6.07) is 32.6. The Morgan fingerprint density at radius 1 is 0.683 bits per heavy atom. The predicted molar refractivity (Wildman–Crippen MR) is 230 cm³/mol. The normalized spacial score (nSPS) is 13.9. The average Bonchev–Trinajstić information content (AvgIpc) is 3.79. The Bertz CT molecular complexity index is 2710. The largest absolute Gasteiger partial charge is 0.440 e. The van der Waals surface area contributed by atoms with E-state index in [2.05, 4.69) is 19.2 Å². The summed E-state index contributed by atoms with van der Waals surface area (Å²) in [4.78, 5) is 25.6. The number of para-hydroxylation sites is 2. The fraction of sp³-hybridized carbons (Fsp3) is 0.204. The summed E-state index contributed by atoms with van der Waals surface area (Å²) in [5.74, 6) is 0.476. The molecule has 8 aromatic rings. The van der Waals surface area contributed by atoms with Crippen LogP contribution in [0.4, 0.5) is 8.78 Å². The van der Waals surface area contributed by atoms with Gasteiger partial charge >= 0.3 is 0 Å². The lowest BCUT2D eigenvalue weighted by molar-refractivity contribution is -0.124. The number of hydrogen-bond donors (Lipinski definition) is 1.